The fourth-order valence-corrected chi connectivity index (χ4v) is 3.84. The third-order valence-corrected chi connectivity index (χ3v) is 5.46. The number of benzene rings is 2. The number of nitrogens with one attached hydrogen (secondary N) is 2. The highest BCUT2D eigenvalue weighted by Gasteiger charge is 2.16. The lowest BCUT2D eigenvalue weighted by atomic mass is 9.89. The van der Waals surface area contributed by atoms with Gasteiger partial charge in [-0.1, -0.05) is 24.3 Å². The molecule has 0 saturated carbocycles. The number of anilines is 1. The van der Waals surface area contributed by atoms with Crippen LogP contribution < -0.4 is 10.6 Å². The van der Waals surface area contributed by atoms with Gasteiger partial charge in [0.05, 0.1) is 5.56 Å². The number of amides is 1. The summed E-state index contributed by atoms with van der Waals surface area (Å²) in [6.07, 6.45) is 2.24. The molecule has 0 bridgehead atoms. The Morgan fingerprint density at radius 3 is 2.37 bits per heavy atom. The maximum Gasteiger partial charge on any atom is 0.335 e. The number of hydrogen-bond acceptors (Lipinski definition) is 4. The predicted molar refractivity (Wildman–Crippen MR) is 115 cm³/mol. The van der Waals surface area contributed by atoms with Crippen LogP contribution in [0.15, 0.2) is 59.0 Å². The Kier molecular flexibility index (Phi) is 5.68. The molecular formula is C24H24N2O4. The minimum Gasteiger partial charge on any atom is -0.478 e. The smallest absolute Gasteiger partial charge is 0.335 e. The molecule has 3 N–H and O–H groups in total. The molecule has 1 saturated heterocycles. The number of carbonyl (C=O) groups is 2. The van der Waals surface area contributed by atoms with Crippen LogP contribution in [0.1, 0.15) is 51.0 Å². The summed E-state index contributed by atoms with van der Waals surface area (Å²) in [6.45, 7) is 3.82. The van der Waals surface area contributed by atoms with Crippen LogP contribution >= 0.6 is 0 Å². The molecule has 2 aromatic carbocycles. The van der Waals surface area contributed by atoms with Gasteiger partial charge in [0.1, 0.15) is 5.76 Å². The molecule has 6 nitrogen and oxygen atoms in total. The molecule has 4 rings (SSSR count). The third kappa shape index (κ3) is 4.44. The Morgan fingerprint density at radius 2 is 1.73 bits per heavy atom. The molecule has 1 aromatic heterocycles. The van der Waals surface area contributed by atoms with Crippen molar-refractivity contribution < 1.29 is 19.1 Å². The van der Waals surface area contributed by atoms with E-state index in [1.807, 2.05) is 12.1 Å². The number of carbonyl (C=O) groups excluding carboxylic acids is 1. The first-order valence-corrected chi connectivity index (χ1v) is 10.1. The fraction of sp³-hybridized carbons (Fsp3) is 0.250. The lowest BCUT2D eigenvalue weighted by Gasteiger charge is -2.23. The zero-order valence-corrected chi connectivity index (χ0v) is 16.8. The van der Waals surface area contributed by atoms with Gasteiger partial charge >= 0.3 is 5.97 Å². The summed E-state index contributed by atoms with van der Waals surface area (Å²) in [5.41, 5.74) is 3.46. The van der Waals surface area contributed by atoms with Gasteiger partial charge in [-0.3, -0.25) is 4.79 Å². The van der Waals surface area contributed by atoms with Gasteiger partial charge in [0.15, 0.2) is 5.76 Å². The first-order valence-electron chi connectivity index (χ1n) is 10.1. The molecule has 0 radical (unpaired) electrons. The number of aryl methyl sites for hydroxylation is 1. The van der Waals surface area contributed by atoms with Gasteiger partial charge < -0.3 is 20.2 Å². The monoisotopic (exact) mass is 404 g/mol. The Hall–Kier alpha value is -3.38. The zero-order chi connectivity index (χ0) is 21.1. The topological polar surface area (TPSA) is 91.6 Å². The van der Waals surface area contributed by atoms with Crippen molar-refractivity contribution >= 4 is 17.6 Å². The highest BCUT2D eigenvalue weighted by Crippen LogP contribution is 2.30. The number of carboxylic acid groups (broad SMARTS) is 1. The standard InChI is InChI=1S/C24H24N2O4/c1-15-2-7-22(30-15)23(27)26-21-13-19(12-20(14-21)24(28)29)17-5-3-16(4-6-17)18-8-10-25-11-9-18/h2-7,12-14,18,25H,8-11H2,1H3,(H,26,27)(H,28,29). The lowest BCUT2D eigenvalue weighted by molar-refractivity contribution is 0.0696. The van der Waals surface area contributed by atoms with E-state index in [0.717, 1.165) is 37.1 Å². The van der Waals surface area contributed by atoms with Crippen LogP contribution in [-0.4, -0.2) is 30.1 Å². The maximum absolute atomic E-state index is 12.4. The number of carboxylic acids is 1. The molecule has 1 amide bonds. The predicted octanol–water partition coefficient (Wildman–Crippen LogP) is 4.67. The van der Waals surface area contributed by atoms with Gasteiger partial charge in [-0.15, -0.1) is 0 Å². The van der Waals surface area contributed by atoms with Crippen molar-refractivity contribution in [1.82, 2.24) is 5.32 Å². The zero-order valence-electron chi connectivity index (χ0n) is 16.8. The molecule has 1 fully saturated rings. The molecule has 2 heterocycles. The van der Waals surface area contributed by atoms with E-state index < -0.39 is 11.9 Å². The third-order valence-electron chi connectivity index (χ3n) is 5.46. The summed E-state index contributed by atoms with van der Waals surface area (Å²) < 4.78 is 5.35. The van der Waals surface area contributed by atoms with E-state index >= 15 is 0 Å². The highest BCUT2D eigenvalue weighted by atomic mass is 16.4. The summed E-state index contributed by atoms with van der Waals surface area (Å²) >= 11 is 0. The summed E-state index contributed by atoms with van der Waals surface area (Å²) in [5.74, 6) is -0.0994. The summed E-state index contributed by atoms with van der Waals surface area (Å²) in [6, 6.07) is 16.4. The van der Waals surface area contributed by atoms with Crippen molar-refractivity contribution in [3.05, 3.63) is 77.2 Å². The second-order valence-electron chi connectivity index (χ2n) is 7.61. The van der Waals surface area contributed by atoms with E-state index in [9.17, 15) is 14.7 Å². The van der Waals surface area contributed by atoms with Crippen molar-refractivity contribution in [3.8, 4) is 11.1 Å². The van der Waals surface area contributed by atoms with Crippen molar-refractivity contribution in [3.63, 3.8) is 0 Å². The van der Waals surface area contributed by atoms with Crippen LogP contribution in [0.25, 0.3) is 11.1 Å². The number of aromatic carboxylic acids is 1. The second-order valence-corrected chi connectivity index (χ2v) is 7.61. The van der Waals surface area contributed by atoms with Crippen LogP contribution in [-0.2, 0) is 0 Å². The van der Waals surface area contributed by atoms with Crippen molar-refractivity contribution in [2.24, 2.45) is 0 Å². The number of furan rings is 1. The summed E-state index contributed by atoms with van der Waals surface area (Å²) in [4.78, 5) is 24.0. The van der Waals surface area contributed by atoms with Crippen molar-refractivity contribution in [1.29, 1.82) is 0 Å². The lowest BCUT2D eigenvalue weighted by Crippen LogP contribution is -2.26. The SMILES string of the molecule is Cc1ccc(C(=O)Nc2cc(C(=O)O)cc(-c3ccc(C4CCNCC4)cc3)c2)o1. The first kappa shape index (κ1) is 19.9. The van der Waals surface area contributed by atoms with Crippen LogP contribution in [0.4, 0.5) is 5.69 Å². The quantitative estimate of drug-likeness (QED) is 0.575. The van der Waals surface area contributed by atoms with E-state index in [0.29, 0.717) is 17.4 Å². The van der Waals surface area contributed by atoms with Crippen molar-refractivity contribution in [2.45, 2.75) is 25.7 Å². The Labute approximate surface area is 174 Å². The normalized spacial score (nSPS) is 14.4. The van der Waals surface area contributed by atoms with Gasteiger partial charge in [-0.05, 0) is 85.8 Å². The molecule has 0 atom stereocenters. The number of rotatable bonds is 5. The minimum absolute atomic E-state index is 0.112. The second kappa shape index (κ2) is 8.55. The maximum atomic E-state index is 12.4. The van der Waals surface area contributed by atoms with Crippen LogP contribution in [0.5, 0.6) is 0 Å². The average Bonchev–Trinajstić information content (AvgIpc) is 3.21. The minimum atomic E-state index is -1.05. The van der Waals surface area contributed by atoms with Gasteiger partial charge in [0.2, 0.25) is 0 Å². The van der Waals surface area contributed by atoms with E-state index in [1.165, 1.54) is 11.6 Å². The molecule has 1 aliphatic heterocycles. The molecule has 0 spiro atoms. The van der Waals surface area contributed by atoms with Crippen LogP contribution in [0.2, 0.25) is 0 Å². The Morgan fingerprint density at radius 1 is 1.00 bits per heavy atom. The Bertz CT molecular complexity index is 1060. The largest absolute Gasteiger partial charge is 0.478 e. The highest BCUT2D eigenvalue weighted by molar-refractivity contribution is 6.03. The van der Waals surface area contributed by atoms with Crippen molar-refractivity contribution in [2.75, 3.05) is 18.4 Å². The average molecular weight is 404 g/mol. The van der Waals surface area contributed by atoms with Gasteiger partial charge in [-0.25, -0.2) is 4.79 Å². The molecule has 1 aliphatic rings. The number of hydrogen-bond donors (Lipinski definition) is 3. The molecule has 30 heavy (non-hydrogen) atoms. The van der Waals surface area contributed by atoms with Crippen LogP contribution in [0, 0.1) is 6.92 Å². The van der Waals surface area contributed by atoms with E-state index in [4.69, 9.17) is 4.42 Å². The van der Waals surface area contributed by atoms with E-state index in [2.05, 4.69) is 22.8 Å². The summed E-state index contributed by atoms with van der Waals surface area (Å²) in [7, 11) is 0. The molecule has 3 aromatic rings. The molecule has 6 heteroatoms. The number of piperidine rings is 1. The van der Waals surface area contributed by atoms with E-state index in [-0.39, 0.29) is 11.3 Å². The Balaban J connectivity index is 1.60. The van der Waals surface area contributed by atoms with Gasteiger partial charge in [-0.2, -0.15) is 0 Å². The van der Waals surface area contributed by atoms with E-state index in [1.54, 1.807) is 31.2 Å². The summed E-state index contributed by atoms with van der Waals surface area (Å²) in [5, 5.41) is 15.6. The van der Waals surface area contributed by atoms with Gasteiger partial charge in [0.25, 0.3) is 5.91 Å². The van der Waals surface area contributed by atoms with Crippen LogP contribution in [0.3, 0.4) is 0 Å². The molecule has 154 valence electrons. The van der Waals surface area contributed by atoms with Gasteiger partial charge in [0, 0.05) is 5.69 Å². The first-order chi connectivity index (χ1) is 14.5. The molecule has 0 unspecified atom stereocenters. The molecular weight excluding hydrogens is 380 g/mol. The molecule has 0 aliphatic carbocycles. The fourth-order valence-electron chi connectivity index (χ4n) is 3.84.